The fourth-order valence-electron chi connectivity index (χ4n) is 3.43. The molecule has 2 aromatic heterocycles. The summed E-state index contributed by atoms with van der Waals surface area (Å²) in [7, 11) is 0. The van der Waals surface area contributed by atoms with Crippen LogP contribution in [0.1, 0.15) is 12.5 Å². The molecule has 4 rings (SSSR count). The Morgan fingerprint density at radius 2 is 1.78 bits per heavy atom. The topological polar surface area (TPSA) is 83.5 Å². The molecule has 1 saturated heterocycles. The van der Waals surface area contributed by atoms with Crippen LogP contribution in [0.25, 0.3) is 0 Å². The molecule has 0 spiro atoms. The van der Waals surface area contributed by atoms with Crippen LogP contribution in [-0.2, 0) is 4.79 Å². The van der Waals surface area contributed by atoms with Gasteiger partial charge >= 0.3 is 0 Å². The van der Waals surface area contributed by atoms with Gasteiger partial charge in [-0.15, -0.1) is 10.2 Å². The quantitative estimate of drug-likeness (QED) is 0.635. The lowest BCUT2D eigenvalue weighted by atomic mass is 10.2. The molecule has 8 nitrogen and oxygen atoms in total. The first kappa shape index (κ1) is 21.5. The van der Waals surface area contributed by atoms with Crippen LogP contribution in [0.2, 0.25) is 0 Å². The zero-order chi connectivity index (χ0) is 22.5. The number of ether oxygens (including phenoxy) is 1. The second kappa shape index (κ2) is 9.59. The highest BCUT2D eigenvalue weighted by atomic mass is 19.1. The number of benzene rings is 1. The van der Waals surface area contributed by atoms with Crippen molar-refractivity contribution in [1.82, 2.24) is 20.1 Å². The van der Waals surface area contributed by atoms with Crippen LogP contribution in [0.15, 0.2) is 54.7 Å². The van der Waals surface area contributed by atoms with E-state index in [9.17, 15) is 9.18 Å². The van der Waals surface area contributed by atoms with Crippen LogP contribution in [0, 0.1) is 12.7 Å². The Morgan fingerprint density at radius 1 is 1.03 bits per heavy atom. The maximum absolute atomic E-state index is 13.8. The lowest BCUT2D eigenvalue weighted by molar-refractivity contribution is -0.138. The second-order valence-electron chi connectivity index (χ2n) is 7.63. The van der Waals surface area contributed by atoms with Crippen LogP contribution >= 0.6 is 0 Å². The molecule has 3 aromatic rings. The average Bonchev–Trinajstić information content (AvgIpc) is 2.82. The van der Waals surface area contributed by atoms with Crippen molar-refractivity contribution in [2.45, 2.75) is 20.0 Å². The summed E-state index contributed by atoms with van der Waals surface area (Å²) in [6.07, 6.45) is 1.02. The van der Waals surface area contributed by atoms with Crippen molar-refractivity contribution >= 4 is 23.4 Å². The minimum absolute atomic E-state index is 0.0804. The molecular weight excluding hydrogens is 411 g/mol. The summed E-state index contributed by atoms with van der Waals surface area (Å²) in [6.45, 7) is 5.92. The molecule has 1 N–H and O–H groups in total. The van der Waals surface area contributed by atoms with Crippen LogP contribution in [0.3, 0.4) is 0 Å². The van der Waals surface area contributed by atoms with Crippen molar-refractivity contribution in [3.63, 3.8) is 0 Å². The predicted octanol–water partition coefficient (Wildman–Crippen LogP) is 3.18. The summed E-state index contributed by atoms with van der Waals surface area (Å²) < 4.78 is 19.3. The molecule has 0 saturated carbocycles. The van der Waals surface area contributed by atoms with Crippen molar-refractivity contribution < 1.29 is 13.9 Å². The first-order valence-corrected chi connectivity index (χ1v) is 10.5. The summed E-state index contributed by atoms with van der Waals surface area (Å²) in [6, 6.07) is 13.7. The molecule has 3 heterocycles. The van der Waals surface area contributed by atoms with Crippen LogP contribution in [0.4, 0.5) is 21.8 Å². The molecule has 32 heavy (non-hydrogen) atoms. The molecule has 9 heteroatoms. The Hall–Kier alpha value is -3.75. The molecule has 1 aliphatic heterocycles. The summed E-state index contributed by atoms with van der Waals surface area (Å²) in [5.41, 5.74) is 1.09. The number of para-hydroxylation sites is 1. The lowest BCUT2D eigenvalue weighted by Crippen LogP contribution is -2.52. The Bertz CT molecular complexity index is 1050. The average molecular weight is 436 g/mol. The van der Waals surface area contributed by atoms with E-state index in [1.165, 1.54) is 12.1 Å². The van der Waals surface area contributed by atoms with Gasteiger partial charge in [0.1, 0.15) is 5.82 Å². The van der Waals surface area contributed by atoms with Gasteiger partial charge in [0, 0.05) is 32.4 Å². The number of aromatic nitrogens is 3. The number of hydrogen-bond donors (Lipinski definition) is 1. The number of piperazine rings is 1. The number of amides is 1. The van der Waals surface area contributed by atoms with E-state index < -0.39 is 11.9 Å². The van der Waals surface area contributed by atoms with Gasteiger partial charge in [-0.3, -0.25) is 4.79 Å². The number of anilines is 3. The SMILES string of the molecule is Cc1ccc(Nc2ccc(N3CCN(C(=O)C(C)Oc4ccccc4F)CC3)nn2)nc1. The fourth-order valence-corrected chi connectivity index (χ4v) is 3.43. The van der Waals surface area contributed by atoms with E-state index in [1.54, 1.807) is 30.2 Å². The number of halogens is 1. The monoisotopic (exact) mass is 436 g/mol. The van der Waals surface area contributed by atoms with Crippen molar-refractivity contribution in [2.75, 3.05) is 36.4 Å². The Kier molecular flexibility index (Phi) is 6.44. The number of aryl methyl sites for hydroxylation is 1. The van der Waals surface area contributed by atoms with Crippen molar-refractivity contribution in [1.29, 1.82) is 0 Å². The maximum atomic E-state index is 13.8. The molecule has 1 amide bonds. The predicted molar refractivity (Wildman–Crippen MR) is 120 cm³/mol. The molecule has 0 bridgehead atoms. The highest BCUT2D eigenvalue weighted by Gasteiger charge is 2.27. The summed E-state index contributed by atoms with van der Waals surface area (Å²) >= 11 is 0. The minimum atomic E-state index is -0.765. The van der Waals surface area contributed by atoms with Gasteiger partial charge < -0.3 is 19.9 Å². The Labute approximate surface area is 186 Å². The number of carbonyl (C=O) groups excluding carboxylic acids is 1. The normalized spacial score (nSPS) is 14.7. The van der Waals surface area contributed by atoms with Crippen molar-refractivity contribution in [3.8, 4) is 5.75 Å². The van der Waals surface area contributed by atoms with E-state index in [1.807, 2.05) is 31.2 Å². The van der Waals surface area contributed by atoms with Gasteiger partial charge in [0.25, 0.3) is 5.91 Å². The van der Waals surface area contributed by atoms with Crippen LogP contribution < -0.4 is 15.0 Å². The minimum Gasteiger partial charge on any atom is -0.478 e. The third-order valence-electron chi connectivity index (χ3n) is 5.22. The van der Waals surface area contributed by atoms with Gasteiger partial charge in [0.2, 0.25) is 0 Å². The van der Waals surface area contributed by atoms with Crippen LogP contribution in [0.5, 0.6) is 5.75 Å². The number of rotatable bonds is 6. The fraction of sp³-hybridized carbons (Fsp3) is 0.304. The maximum Gasteiger partial charge on any atom is 0.263 e. The molecule has 1 aromatic carbocycles. The first-order valence-electron chi connectivity index (χ1n) is 10.5. The van der Waals surface area contributed by atoms with Gasteiger partial charge in [-0.1, -0.05) is 18.2 Å². The molecule has 0 radical (unpaired) electrons. The third kappa shape index (κ3) is 5.11. The van der Waals surface area contributed by atoms with E-state index >= 15 is 0 Å². The highest BCUT2D eigenvalue weighted by molar-refractivity contribution is 5.81. The summed E-state index contributed by atoms with van der Waals surface area (Å²) in [4.78, 5) is 20.8. The van der Waals surface area contributed by atoms with E-state index in [0.29, 0.717) is 37.8 Å². The second-order valence-corrected chi connectivity index (χ2v) is 7.63. The van der Waals surface area contributed by atoms with E-state index in [2.05, 4.69) is 25.4 Å². The number of hydrogen-bond acceptors (Lipinski definition) is 7. The first-order chi connectivity index (χ1) is 15.5. The number of nitrogens with one attached hydrogen (secondary N) is 1. The summed E-state index contributed by atoms with van der Waals surface area (Å²) in [5.74, 6) is 1.50. The number of carbonyl (C=O) groups is 1. The highest BCUT2D eigenvalue weighted by Crippen LogP contribution is 2.20. The molecule has 1 fully saturated rings. The molecule has 1 atom stereocenters. The van der Waals surface area contributed by atoms with E-state index in [0.717, 1.165) is 11.4 Å². The molecule has 0 aliphatic carbocycles. The Balaban J connectivity index is 1.29. The lowest BCUT2D eigenvalue weighted by Gasteiger charge is -2.36. The molecule has 1 aliphatic rings. The van der Waals surface area contributed by atoms with E-state index in [-0.39, 0.29) is 11.7 Å². The van der Waals surface area contributed by atoms with Gasteiger partial charge in [-0.25, -0.2) is 9.37 Å². The van der Waals surface area contributed by atoms with E-state index in [4.69, 9.17) is 4.74 Å². The standard InChI is InChI=1S/C23H25FN6O2/c1-16-7-8-20(25-15-16)26-21-9-10-22(28-27-21)29-11-13-30(14-12-29)23(31)17(2)32-19-6-4-3-5-18(19)24/h3-10,15,17H,11-14H2,1-2H3,(H,25,26,27). The largest absolute Gasteiger partial charge is 0.478 e. The smallest absolute Gasteiger partial charge is 0.263 e. The molecule has 1 unspecified atom stereocenters. The molecular formula is C23H25FN6O2. The van der Waals surface area contributed by atoms with Crippen molar-refractivity contribution in [3.05, 3.63) is 66.1 Å². The van der Waals surface area contributed by atoms with Crippen LogP contribution in [-0.4, -0.2) is 58.3 Å². The number of pyridine rings is 1. The van der Waals surface area contributed by atoms with Gasteiger partial charge in [-0.2, -0.15) is 0 Å². The van der Waals surface area contributed by atoms with Gasteiger partial charge in [-0.05, 0) is 49.7 Å². The van der Waals surface area contributed by atoms with Gasteiger partial charge in [0.05, 0.1) is 0 Å². The number of nitrogens with zero attached hydrogens (tertiary/aromatic N) is 5. The third-order valence-corrected chi connectivity index (χ3v) is 5.22. The Morgan fingerprint density at radius 3 is 2.44 bits per heavy atom. The molecule has 166 valence electrons. The van der Waals surface area contributed by atoms with Gasteiger partial charge in [0.15, 0.2) is 29.3 Å². The zero-order valence-corrected chi connectivity index (χ0v) is 18.0. The summed E-state index contributed by atoms with van der Waals surface area (Å²) in [5, 5.41) is 11.7. The zero-order valence-electron chi connectivity index (χ0n) is 18.0. The van der Waals surface area contributed by atoms with Crippen molar-refractivity contribution in [2.24, 2.45) is 0 Å².